The number of aliphatic hydroxyl groups is 4. The molecule has 0 radical (unpaired) electrons. The lowest BCUT2D eigenvalue weighted by Crippen LogP contribution is -2.59. The zero-order chi connectivity index (χ0) is 22.0. The van der Waals surface area contributed by atoms with Gasteiger partial charge < -0.3 is 29.9 Å². The Hall–Kier alpha value is -0.240. The highest BCUT2D eigenvalue weighted by molar-refractivity contribution is 4.88. The molecule has 0 saturated carbocycles. The van der Waals surface area contributed by atoms with Crippen molar-refractivity contribution in [1.82, 2.24) is 0 Å². The van der Waals surface area contributed by atoms with E-state index in [-0.39, 0.29) is 0 Å². The zero-order valence-electron chi connectivity index (χ0n) is 19.2. The first-order valence-electron chi connectivity index (χ1n) is 12.5. The Morgan fingerprint density at radius 2 is 1.03 bits per heavy atom. The Balaban J connectivity index is 1.85. The molecule has 6 nitrogen and oxygen atoms in total. The number of rotatable bonds is 19. The summed E-state index contributed by atoms with van der Waals surface area (Å²) < 4.78 is 10.8. The molecule has 0 bridgehead atoms. The normalized spacial score (nSPS) is 26.9. The van der Waals surface area contributed by atoms with Gasteiger partial charge in [0.05, 0.1) is 6.61 Å². The number of hydrogen-bond acceptors (Lipinski definition) is 6. The summed E-state index contributed by atoms with van der Waals surface area (Å²) in [4.78, 5) is 0. The van der Waals surface area contributed by atoms with Crippen LogP contribution in [-0.4, -0.2) is 64.3 Å². The number of hydrogen-bond donors (Lipinski definition) is 4. The average Bonchev–Trinajstić information content (AvgIpc) is 2.75. The lowest BCUT2D eigenvalue weighted by Gasteiger charge is -2.39. The van der Waals surface area contributed by atoms with Crippen LogP contribution in [0.2, 0.25) is 0 Å². The monoisotopic (exact) mass is 432 g/mol. The van der Waals surface area contributed by atoms with Gasteiger partial charge in [-0.2, -0.15) is 0 Å². The summed E-state index contributed by atoms with van der Waals surface area (Å²) >= 11 is 0. The molecule has 1 aliphatic rings. The minimum absolute atomic E-state index is 0.427. The summed E-state index contributed by atoms with van der Waals surface area (Å²) in [5.74, 6) is 0. The molecule has 0 unspecified atom stereocenters. The maximum absolute atomic E-state index is 9.91. The van der Waals surface area contributed by atoms with Crippen molar-refractivity contribution in [3.05, 3.63) is 0 Å². The van der Waals surface area contributed by atoms with E-state index in [4.69, 9.17) is 9.47 Å². The Morgan fingerprint density at radius 3 is 1.47 bits per heavy atom. The number of aliphatic hydroxyl groups excluding tert-OH is 4. The van der Waals surface area contributed by atoms with Gasteiger partial charge in [-0.3, -0.25) is 0 Å². The highest BCUT2D eigenvalue weighted by atomic mass is 16.7. The highest BCUT2D eigenvalue weighted by Gasteiger charge is 2.43. The van der Waals surface area contributed by atoms with Gasteiger partial charge in [0, 0.05) is 6.61 Å². The predicted octanol–water partition coefficient (Wildman–Crippen LogP) is 4.06. The number of unbranched alkanes of at least 4 members (excludes halogenated alkanes) is 15. The molecule has 1 rings (SSSR count). The summed E-state index contributed by atoms with van der Waals surface area (Å²) in [6, 6.07) is 0. The molecule has 0 aromatic rings. The minimum Gasteiger partial charge on any atom is -0.394 e. The Labute approximate surface area is 184 Å². The lowest BCUT2D eigenvalue weighted by molar-refractivity contribution is -0.301. The van der Waals surface area contributed by atoms with Gasteiger partial charge >= 0.3 is 0 Å². The molecule has 180 valence electrons. The molecule has 0 aromatic heterocycles. The molecular formula is C24H48O6. The molecule has 1 saturated heterocycles. The van der Waals surface area contributed by atoms with Crippen molar-refractivity contribution in [3.8, 4) is 0 Å². The summed E-state index contributed by atoms with van der Waals surface area (Å²) in [7, 11) is 0. The van der Waals surface area contributed by atoms with Crippen molar-refractivity contribution in [1.29, 1.82) is 0 Å². The molecule has 4 N–H and O–H groups in total. The minimum atomic E-state index is -1.37. The lowest BCUT2D eigenvalue weighted by atomic mass is 9.99. The molecule has 0 spiro atoms. The Bertz CT molecular complexity index is 379. The molecule has 1 aliphatic heterocycles. The van der Waals surface area contributed by atoms with Gasteiger partial charge in [0.25, 0.3) is 0 Å². The Morgan fingerprint density at radius 1 is 0.600 bits per heavy atom. The van der Waals surface area contributed by atoms with Crippen LogP contribution in [0.4, 0.5) is 0 Å². The van der Waals surface area contributed by atoms with E-state index in [0.717, 1.165) is 12.8 Å². The van der Waals surface area contributed by atoms with E-state index in [1.165, 1.54) is 89.9 Å². The maximum Gasteiger partial charge on any atom is 0.186 e. The van der Waals surface area contributed by atoms with Crippen molar-refractivity contribution in [2.45, 2.75) is 140 Å². The molecule has 1 fully saturated rings. The van der Waals surface area contributed by atoms with Crippen molar-refractivity contribution < 1.29 is 29.9 Å². The second kappa shape index (κ2) is 18.3. The molecule has 5 atom stereocenters. The van der Waals surface area contributed by atoms with Gasteiger partial charge in [-0.25, -0.2) is 0 Å². The predicted molar refractivity (Wildman–Crippen MR) is 119 cm³/mol. The van der Waals surface area contributed by atoms with Gasteiger partial charge in [0.15, 0.2) is 6.29 Å². The second-order valence-corrected chi connectivity index (χ2v) is 8.87. The summed E-state index contributed by atoms with van der Waals surface area (Å²) in [6.45, 7) is 2.27. The van der Waals surface area contributed by atoms with Crippen molar-refractivity contribution >= 4 is 0 Å². The van der Waals surface area contributed by atoms with E-state index in [1.54, 1.807) is 0 Å². The van der Waals surface area contributed by atoms with Crippen molar-refractivity contribution in [3.63, 3.8) is 0 Å². The standard InChI is InChI=1S/C24H48O6/c1-2-3-4-5-6-7-8-9-10-11-12-13-14-15-16-17-18-29-24-23(28)22(27)21(26)20(19-25)30-24/h20-28H,2-19H2,1H3/t20-,21-,22+,23-,24-/m0/s1. The number of ether oxygens (including phenoxy) is 2. The van der Waals surface area contributed by atoms with E-state index in [1.807, 2.05) is 0 Å². The highest BCUT2D eigenvalue weighted by Crippen LogP contribution is 2.22. The van der Waals surface area contributed by atoms with Crippen LogP contribution in [0.5, 0.6) is 0 Å². The van der Waals surface area contributed by atoms with Gasteiger partial charge in [0.1, 0.15) is 24.4 Å². The molecule has 0 amide bonds. The van der Waals surface area contributed by atoms with E-state index in [2.05, 4.69) is 6.92 Å². The fourth-order valence-corrected chi connectivity index (χ4v) is 4.05. The van der Waals surface area contributed by atoms with E-state index in [9.17, 15) is 20.4 Å². The van der Waals surface area contributed by atoms with Crippen LogP contribution in [0.3, 0.4) is 0 Å². The van der Waals surface area contributed by atoms with Gasteiger partial charge in [-0.1, -0.05) is 103 Å². The largest absolute Gasteiger partial charge is 0.394 e. The summed E-state index contributed by atoms with van der Waals surface area (Å²) in [5, 5.41) is 38.6. The SMILES string of the molecule is CCCCCCCCCCCCCCCCCCO[C@H]1O[C@@H](CO)[C@H](O)[C@@H](O)[C@@H]1O. The van der Waals surface area contributed by atoms with Crippen LogP contribution in [0.1, 0.15) is 110 Å². The van der Waals surface area contributed by atoms with Gasteiger partial charge in [0.2, 0.25) is 0 Å². The van der Waals surface area contributed by atoms with E-state index >= 15 is 0 Å². The van der Waals surface area contributed by atoms with Crippen LogP contribution >= 0.6 is 0 Å². The molecule has 30 heavy (non-hydrogen) atoms. The first-order chi connectivity index (χ1) is 14.6. The van der Waals surface area contributed by atoms with Gasteiger partial charge in [-0.15, -0.1) is 0 Å². The van der Waals surface area contributed by atoms with Crippen LogP contribution < -0.4 is 0 Å². The summed E-state index contributed by atoms with van der Waals surface area (Å²) in [6.07, 6.45) is 15.0. The molecule has 1 heterocycles. The van der Waals surface area contributed by atoms with Crippen LogP contribution in [0.25, 0.3) is 0 Å². The second-order valence-electron chi connectivity index (χ2n) is 8.87. The molecular weight excluding hydrogens is 384 g/mol. The van der Waals surface area contributed by atoms with Crippen LogP contribution in [-0.2, 0) is 9.47 Å². The fraction of sp³-hybridized carbons (Fsp3) is 1.00. The topological polar surface area (TPSA) is 99.4 Å². The maximum atomic E-state index is 9.91. The summed E-state index contributed by atoms with van der Waals surface area (Å²) in [5.41, 5.74) is 0. The average molecular weight is 433 g/mol. The zero-order valence-corrected chi connectivity index (χ0v) is 19.2. The fourth-order valence-electron chi connectivity index (χ4n) is 4.05. The van der Waals surface area contributed by atoms with E-state index in [0.29, 0.717) is 6.61 Å². The van der Waals surface area contributed by atoms with Crippen LogP contribution in [0, 0.1) is 0 Å². The van der Waals surface area contributed by atoms with Crippen molar-refractivity contribution in [2.75, 3.05) is 13.2 Å². The van der Waals surface area contributed by atoms with E-state index < -0.39 is 37.3 Å². The first kappa shape index (κ1) is 27.8. The molecule has 6 heteroatoms. The first-order valence-corrected chi connectivity index (χ1v) is 12.5. The quantitative estimate of drug-likeness (QED) is 0.230. The third kappa shape index (κ3) is 12.0. The third-order valence-electron chi connectivity index (χ3n) is 6.13. The molecule has 0 aliphatic carbocycles. The van der Waals surface area contributed by atoms with Crippen LogP contribution in [0.15, 0.2) is 0 Å². The Kier molecular flexibility index (Phi) is 17.0. The third-order valence-corrected chi connectivity index (χ3v) is 6.13. The molecule has 0 aromatic carbocycles. The smallest absolute Gasteiger partial charge is 0.186 e. The van der Waals surface area contributed by atoms with Crippen molar-refractivity contribution in [2.24, 2.45) is 0 Å². The van der Waals surface area contributed by atoms with Gasteiger partial charge in [-0.05, 0) is 6.42 Å².